The first-order valence-electron chi connectivity index (χ1n) is 6.05. The van der Waals surface area contributed by atoms with E-state index in [4.69, 9.17) is 5.11 Å². The largest absolute Gasteiger partial charge is 0.481 e. The molecular formula is C13H19NO4S. The Morgan fingerprint density at radius 2 is 1.79 bits per heavy atom. The van der Waals surface area contributed by atoms with Crippen LogP contribution in [0.2, 0.25) is 0 Å². The van der Waals surface area contributed by atoms with Gasteiger partial charge in [0, 0.05) is 12.6 Å². The van der Waals surface area contributed by atoms with Crippen molar-refractivity contribution in [3.8, 4) is 0 Å². The van der Waals surface area contributed by atoms with Gasteiger partial charge in [0.1, 0.15) is 0 Å². The molecule has 1 aromatic rings. The number of benzene rings is 1. The molecule has 0 aliphatic carbocycles. The van der Waals surface area contributed by atoms with E-state index >= 15 is 0 Å². The average molecular weight is 285 g/mol. The maximum atomic E-state index is 12.4. The van der Waals surface area contributed by atoms with Gasteiger partial charge in [0.25, 0.3) is 0 Å². The minimum absolute atomic E-state index is 0.0246. The SMILES string of the molecule is Cc1ccc(S(=O)(=O)N(CCC(=O)O)C(C)C)cc1. The summed E-state index contributed by atoms with van der Waals surface area (Å²) in [6, 6.07) is 6.25. The second-order valence-corrected chi connectivity index (χ2v) is 6.56. The van der Waals surface area contributed by atoms with E-state index in [1.807, 2.05) is 6.92 Å². The quantitative estimate of drug-likeness (QED) is 0.865. The van der Waals surface area contributed by atoms with Crippen LogP contribution < -0.4 is 0 Å². The number of nitrogens with zero attached hydrogens (tertiary/aromatic N) is 1. The van der Waals surface area contributed by atoms with Crippen LogP contribution in [-0.4, -0.2) is 36.4 Å². The zero-order chi connectivity index (χ0) is 14.6. The Morgan fingerprint density at radius 3 is 2.21 bits per heavy atom. The molecule has 0 bridgehead atoms. The molecule has 0 spiro atoms. The summed E-state index contributed by atoms with van der Waals surface area (Å²) in [6.45, 7) is 5.31. The van der Waals surface area contributed by atoms with Crippen molar-refractivity contribution in [1.29, 1.82) is 0 Å². The second kappa shape index (κ2) is 6.16. The van der Waals surface area contributed by atoms with Gasteiger partial charge in [-0.1, -0.05) is 17.7 Å². The van der Waals surface area contributed by atoms with Crippen LogP contribution in [0.5, 0.6) is 0 Å². The molecule has 1 aromatic carbocycles. The minimum atomic E-state index is -3.64. The standard InChI is InChI=1S/C13H19NO4S/c1-10(2)14(9-8-13(15)16)19(17,18)12-6-4-11(3)5-7-12/h4-7,10H,8-9H2,1-3H3,(H,15,16). The first kappa shape index (κ1) is 15.7. The number of carboxylic acids is 1. The molecule has 0 aliphatic rings. The van der Waals surface area contributed by atoms with E-state index in [0.717, 1.165) is 5.56 Å². The van der Waals surface area contributed by atoms with Crippen LogP contribution in [0, 0.1) is 6.92 Å². The van der Waals surface area contributed by atoms with E-state index in [-0.39, 0.29) is 23.9 Å². The van der Waals surface area contributed by atoms with Crippen LogP contribution in [0.4, 0.5) is 0 Å². The summed E-state index contributed by atoms with van der Waals surface area (Å²) >= 11 is 0. The Hall–Kier alpha value is -1.40. The van der Waals surface area contributed by atoms with Gasteiger partial charge in [0.05, 0.1) is 11.3 Å². The molecule has 0 aliphatic heterocycles. The number of hydrogen-bond donors (Lipinski definition) is 1. The Kier molecular flexibility index (Phi) is 5.08. The van der Waals surface area contributed by atoms with Crippen LogP contribution in [0.3, 0.4) is 0 Å². The van der Waals surface area contributed by atoms with Gasteiger partial charge in [-0.15, -0.1) is 0 Å². The molecule has 0 saturated heterocycles. The molecule has 5 nitrogen and oxygen atoms in total. The molecule has 0 fully saturated rings. The minimum Gasteiger partial charge on any atom is -0.481 e. The van der Waals surface area contributed by atoms with Gasteiger partial charge in [-0.3, -0.25) is 4.79 Å². The summed E-state index contributed by atoms with van der Waals surface area (Å²) in [7, 11) is -3.64. The molecule has 0 unspecified atom stereocenters. The van der Waals surface area contributed by atoms with Crippen LogP contribution >= 0.6 is 0 Å². The lowest BCUT2D eigenvalue weighted by molar-refractivity contribution is -0.137. The zero-order valence-electron chi connectivity index (χ0n) is 11.3. The Bertz CT molecular complexity index is 534. The first-order valence-corrected chi connectivity index (χ1v) is 7.49. The lowest BCUT2D eigenvalue weighted by atomic mass is 10.2. The second-order valence-electron chi connectivity index (χ2n) is 4.67. The van der Waals surface area contributed by atoms with Crippen LogP contribution in [0.25, 0.3) is 0 Å². The van der Waals surface area contributed by atoms with Crippen molar-refractivity contribution in [2.24, 2.45) is 0 Å². The lowest BCUT2D eigenvalue weighted by Gasteiger charge is -2.25. The van der Waals surface area contributed by atoms with Crippen LogP contribution in [0.15, 0.2) is 29.2 Å². The van der Waals surface area contributed by atoms with Crippen LogP contribution in [-0.2, 0) is 14.8 Å². The summed E-state index contributed by atoms with van der Waals surface area (Å²) in [5, 5.41) is 8.70. The summed E-state index contributed by atoms with van der Waals surface area (Å²) in [6.07, 6.45) is -0.205. The third kappa shape index (κ3) is 4.04. The van der Waals surface area contributed by atoms with Gasteiger partial charge < -0.3 is 5.11 Å². The van der Waals surface area contributed by atoms with Gasteiger partial charge in [0.2, 0.25) is 10.0 Å². The molecule has 0 amide bonds. The normalized spacial score (nSPS) is 12.1. The molecule has 0 radical (unpaired) electrons. The fourth-order valence-corrected chi connectivity index (χ4v) is 3.34. The Morgan fingerprint density at radius 1 is 1.26 bits per heavy atom. The predicted octanol–water partition coefficient (Wildman–Crippen LogP) is 1.87. The molecule has 19 heavy (non-hydrogen) atoms. The van der Waals surface area contributed by atoms with E-state index in [2.05, 4.69) is 0 Å². The smallest absolute Gasteiger partial charge is 0.304 e. The van der Waals surface area contributed by atoms with Crippen molar-refractivity contribution in [3.05, 3.63) is 29.8 Å². The highest BCUT2D eigenvalue weighted by Crippen LogP contribution is 2.19. The van der Waals surface area contributed by atoms with Crippen molar-refractivity contribution in [2.45, 2.75) is 38.1 Å². The number of carbonyl (C=O) groups is 1. The van der Waals surface area contributed by atoms with Gasteiger partial charge in [-0.25, -0.2) is 8.42 Å². The third-order valence-corrected chi connectivity index (χ3v) is 4.84. The van der Waals surface area contributed by atoms with E-state index in [1.54, 1.807) is 38.1 Å². The molecule has 0 aromatic heterocycles. The summed E-state index contributed by atoms with van der Waals surface area (Å²) in [4.78, 5) is 10.8. The van der Waals surface area contributed by atoms with Gasteiger partial charge in [-0.05, 0) is 32.9 Å². The van der Waals surface area contributed by atoms with E-state index in [0.29, 0.717) is 0 Å². The number of aliphatic carboxylic acids is 1. The topological polar surface area (TPSA) is 74.7 Å². The number of sulfonamides is 1. The van der Waals surface area contributed by atoms with Gasteiger partial charge in [-0.2, -0.15) is 4.31 Å². The molecule has 6 heteroatoms. The Balaban J connectivity index is 3.05. The van der Waals surface area contributed by atoms with Crippen molar-refractivity contribution >= 4 is 16.0 Å². The zero-order valence-corrected chi connectivity index (χ0v) is 12.1. The lowest BCUT2D eigenvalue weighted by Crippen LogP contribution is -2.38. The molecule has 106 valence electrons. The molecule has 0 saturated carbocycles. The monoisotopic (exact) mass is 285 g/mol. The highest BCUT2D eigenvalue weighted by molar-refractivity contribution is 7.89. The number of rotatable bonds is 6. The average Bonchev–Trinajstić information content (AvgIpc) is 2.28. The molecule has 1 N–H and O–H groups in total. The molecule has 0 atom stereocenters. The van der Waals surface area contributed by atoms with Crippen molar-refractivity contribution < 1.29 is 18.3 Å². The van der Waals surface area contributed by atoms with E-state index in [1.165, 1.54) is 4.31 Å². The van der Waals surface area contributed by atoms with Crippen LogP contribution in [0.1, 0.15) is 25.8 Å². The highest BCUT2D eigenvalue weighted by atomic mass is 32.2. The summed E-state index contributed by atoms with van der Waals surface area (Å²) in [5.41, 5.74) is 0.973. The maximum absolute atomic E-state index is 12.4. The van der Waals surface area contributed by atoms with Crippen molar-refractivity contribution in [3.63, 3.8) is 0 Å². The molecule has 0 heterocycles. The number of hydrogen-bond acceptors (Lipinski definition) is 3. The van der Waals surface area contributed by atoms with Crippen molar-refractivity contribution in [2.75, 3.05) is 6.54 Å². The van der Waals surface area contributed by atoms with Gasteiger partial charge in [0.15, 0.2) is 0 Å². The van der Waals surface area contributed by atoms with Gasteiger partial charge >= 0.3 is 5.97 Å². The summed E-state index contributed by atoms with van der Waals surface area (Å²) in [5.74, 6) is -1.01. The first-order chi connectivity index (χ1) is 8.75. The fourth-order valence-electron chi connectivity index (χ4n) is 1.71. The van der Waals surface area contributed by atoms with E-state index < -0.39 is 16.0 Å². The number of aryl methyl sites for hydroxylation is 1. The highest BCUT2D eigenvalue weighted by Gasteiger charge is 2.27. The third-order valence-electron chi connectivity index (χ3n) is 2.75. The molecular weight excluding hydrogens is 266 g/mol. The maximum Gasteiger partial charge on any atom is 0.304 e. The van der Waals surface area contributed by atoms with E-state index in [9.17, 15) is 13.2 Å². The number of carboxylic acid groups (broad SMARTS) is 1. The fraction of sp³-hybridized carbons (Fsp3) is 0.462. The van der Waals surface area contributed by atoms with Crippen molar-refractivity contribution in [1.82, 2.24) is 4.31 Å². The summed E-state index contributed by atoms with van der Waals surface area (Å²) < 4.78 is 26.1. The Labute approximate surface area is 113 Å². The molecule has 1 rings (SSSR count). The predicted molar refractivity (Wildman–Crippen MR) is 72.5 cm³/mol.